The van der Waals surface area contributed by atoms with Crippen LogP contribution in [0.15, 0.2) is 0 Å². The molecule has 0 aromatic rings. The zero-order chi connectivity index (χ0) is 11.9. The zero-order valence-corrected chi connectivity index (χ0v) is 10.4. The normalized spacial score (nSPS) is 9.67. The molecule has 0 radical (unpaired) electrons. The second-order valence-electron chi connectivity index (χ2n) is 3.29. The summed E-state index contributed by atoms with van der Waals surface area (Å²) >= 11 is 0. The molecule has 4 heteroatoms. The minimum absolute atomic E-state index is 0.204. The monoisotopic (exact) mass is 219 g/mol. The lowest BCUT2D eigenvalue weighted by Crippen LogP contribution is -2.16. The van der Waals surface area contributed by atoms with Gasteiger partial charge in [-0.1, -0.05) is 13.8 Å². The molecule has 0 bridgehead atoms. The van der Waals surface area contributed by atoms with Crippen molar-refractivity contribution in [1.29, 1.82) is 0 Å². The number of carbonyl (C=O) groups excluding carboxylic acids is 1. The number of ether oxygens (including phenoxy) is 2. The van der Waals surface area contributed by atoms with E-state index in [-0.39, 0.29) is 5.92 Å². The van der Waals surface area contributed by atoms with E-state index in [2.05, 4.69) is 5.32 Å². The van der Waals surface area contributed by atoms with Crippen molar-refractivity contribution in [3.63, 3.8) is 0 Å². The number of hydrogen-bond donors (Lipinski definition) is 1. The summed E-state index contributed by atoms with van der Waals surface area (Å²) in [5, 5.41) is 2.99. The second kappa shape index (κ2) is 16.0. The van der Waals surface area contributed by atoms with Gasteiger partial charge in [-0.25, -0.2) is 0 Å². The molecule has 0 aromatic heterocycles. The number of hydrogen-bond acceptors (Lipinski definition) is 4. The third-order valence-corrected chi connectivity index (χ3v) is 1.34. The van der Waals surface area contributed by atoms with E-state index < -0.39 is 0 Å². The molecular weight excluding hydrogens is 194 g/mol. The largest absolute Gasteiger partial charge is 0.379 e. The Morgan fingerprint density at radius 2 is 1.73 bits per heavy atom. The first-order chi connectivity index (χ1) is 7.18. The molecule has 0 amide bonds. The molecule has 92 valence electrons. The van der Waals surface area contributed by atoms with Gasteiger partial charge in [-0.15, -0.1) is 0 Å². The van der Waals surface area contributed by atoms with E-state index in [1.165, 1.54) is 0 Å². The molecule has 0 aliphatic heterocycles. The van der Waals surface area contributed by atoms with Crippen LogP contribution in [-0.4, -0.2) is 46.3 Å². The molecule has 0 fully saturated rings. The topological polar surface area (TPSA) is 47.6 Å². The van der Waals surface area contributed by atoms with Crippen LogP contribution in [0.3, 0.4) is 0 Å². The van der Waals surface area contributed by atoms with Crippen LogP contribution in [0.2, 0.25) is 0 Å². The third kappa shape index (κ3) is 24.7. The van der Waals surface area contributed by atoms with E-state index in [4.69, 9.17) is 9.47 Å². The number of carbonyl (C=O) groups is 1. The van der Waals surface area contributed by atoms with Crippen molar-refractivity contribution in [2.24, 2.45) is 5.92 Å². The van der Waals surface area contributed by atoms with Crippen molar-refractivity contribution in [1.82, 2.24) is 5.32 Å². The van der Waals surface area contributed by atoms with Gasteiger partial charge in [0.15, 0.2) is 0 Å². The predicted octanol–water partition coefficient (Wildman–Crippen LogP) is 1.10. The molecule has 0 saturated carbocycles. The number of rotatable bonds is 8. The van der Waals surface area contributed by atoms with Gasteiger partial charge in [-0.2, -0.15) is 0 Å². The molecule has 0 spiro atoms. The molecule has 0 rings (SSSR count). The predicted molar refractivity (Wildman–Crippen MR) is 62.1 cm³/mol. The molecular formula is C11H25NO3. The Morgan fingerprint density at radius 3 is 2.13 bits per heavy atom. The van der Waals surface area contributed by atoms with Crippen LogP contribution in [0.5, 0.6) is 0 Å². The number of nitrogens with one attached hydrogen (secondary N) is 1. The standard InChI is InChI=1S/C7H17NO2.C4H8O/c1-3-9-6-7-10-5-4-8-2;1-4(2)3-5/h8H,3-7H2,1-2H3;3-4H,1-2H3. The first kappa shape index (κ1) is 17.0. The Kier molecular flexibility index (Phi) is 18.1. The SMILES string of the molecule is CC(C)C=O.CCOCCOCCNC. The fourth-order valence-corrected chi connectivity index (χ4v) is 0.538. The summed E-state index contributed by atoms with van der Waals surface area (Å²) in [4.78, 5) is 9.50. The van der Waals surface area contributed by atoms with Gasteiger partial charge in [0, 0.05) is 19.1 Å². The summed E-state index contributed by atoms with van der Waals surface area (Å²) in [6.07, 6.45) is 0.917. The summed E-state index contributed by atoms with van der Waals surface area (Å²) < 4.78 is 10.3. The summed E-state index contributed by atoms with van der Waals surface area (Å²) in [7, 11) is 1.91. The molecule has 1 N–H and O–H groups in total. The second-order valence-corrected chi connectivity index (χ2v) is 3.29. The van der Waals surface area contributed by atoms with E-state index in [1.54, 1.807) is 0 Å². The maximum atomic E-state index is 9.50. The highest BCUT2D eigenvalue weighted by Gasteiger charge is 1.85. The first-order valence-corrected chi connectivity index (χ1v) is 5.44. The van der Waals surface area contributed by atoms with Gasteiger partial charge in [0.05, 0.1) is 19.8 Å². The van der Waals surface area contributed by atoms with Gasteiger partial charge in [-0.3, -0.25) is 0 Å². The highest BCUT2D eigenvalue weighted by molar-refractivity contribution is 5.51. The van der Waals surface area contributed by atoms with Gasteiger partial charge in [0.25, 0.3) is 0 Å². The van der Waals surface area contributed by atoms with Crippen molar-refractivity contribution < 1.29 is 14.3 Å². The van der Waals surface area contributed by atoms with Crippen molar-refractivity contribution in [3.8, 4) is 0 Å². The molecule has 0 heterocycles. The third-order valence-electron chi connectivity index (χ3n) is 1.34. The quantitative estimate of drug-likeness (QED) is 0.490. The molecule has 0 atom stereocenters. The molecule has 4 nitrogen and oxygen atoms in total. The van der Waals surface area contributed by atoms with Gasteiger partial charge >= 0.3 is 0 Å². The van der Waals surface area contributed by atoms with E-state index in [1.807, 2.05) is 27.8 Å². The molecule has 0 aromatic carbocycles. The Labute approximate surface area is 93.3 Å². The van der Waals surface area contributed by atoms with Crippen LogP contribution in [0.25, 0.3) is 0 Å². The Balaban J connectivity index is 0. The van der Waals surface area contributed by atoms with Gasteiger partial charge in [-0.05, 0) is 14.0 Å². The Morgan fingerprint density at radius 1 is 1.20 bits per heavy atom. The van der Waals surface area contributed by atoms with Crippen LogP contribution < -0.4 is 5.32 Å². The lowest BCUT2D eigenvalue weighted by Gasteiger charge is -2.02. The number of likely N-dealkylation sites (N-methyl/N-ethyl adjacent to an activating group) is 1. The first-order valence-electron chi connectivity index (χ1n) is 5.44. The average molecular weight is 219 g/mol. The lowest BCUT2D eigenvalue weighted by molar-refractivity contribution is -0.110. The molecule has 0 aliphatic carbocycles. The van der Waals surface area contributed by atoms with Crippen molar-refractivity contribution in [2.75, 3.05) is 40.0 Å². The van der Waals surface area contributed by atoms with Crippen LogP contribution in [-0.2, 0) is 14.3 Å². The highest BCUT2D eigenvalue weighted by Crippen LogP contribution is 1.78. The van der Waals surface area contributed by atoms with Crippen LogP contribution in [0, 0.1) is 5.92 Å². The van der Waals surface area contributed by atoms with E-state index >= 15 is 0 Å². The maximum absolute atomic E-state index is 9.50. The van der Waals surface area contributed by atoms with Gasteiger partial charge in [0.2, 0.25) is 0 Å². The van der Waals surface area contributed by atoms with Crippen LogP contribution in [0.4, 0.5) is 0 Å². The Hall–Kier alpha value is -0.450. The summed E-state index contributed by atoms with van der Waals surface area (Å²) in [5.41, 5.74) is 0. The fraction of sp³-hybridized carbons (Fsp3) is 0.909. The molecule has 0 unspecified atom stereocenters. The van der Waals surface area contributed by atoms with Gasteiger partial charge in [0.1, 0.15) is 6.29 Å². The van der Waals surface area contributed by atoms with Crippen LogP contribution >= 0.6 is 0 Å². The van der Waals surface area contributed by atoms with E-state index in [0.717, 1.165) is 26.0 Å². The Bertz CT molecular complexity index is 110. The zero-order valence-electron chi connectivity index (χ0n) is 10.4. The molecule has 0 aliphatic rings. The van der Waals surface area contributed by atoms with Crippen molar-refractivity contribution >= 4 is 6.29 Å². The lowest BCUT2D eigenvalue weighted by atomic mass is 10.3. The highest BCUT2D eigenvalue weighted by atomic mass is 16.5. The number of aldehydes is 1. The fourth-order valence-electron chi connectivity index (χ4n) is 0.538. The summed E-state index contributed by atoms with van der Waals surface area (Å²) in [6, 6.07) is 0. The summed E-state index contributed by atoms with van der Waals surface area (Å²) in [5.74, 6) is 0.204. The van der Waals surface area contributed by atoms with Crippen LogP contribution in [0.1, 0.15) is 20.8 Å². The van der Waals surface area contributed by atoms with Gasteiger partial charge < -0.3 is 19.6 Å². The smallest absolute Gasteiger partial charge is 0.122 e. The minimum atomic E-state index is 0.204. The van der Waals surface area contributed by atoms with Crippen molar-refractivity contribution in [2.45, 2.75) is 20.8 Å². The minimum Gasteiger partial charge on any atom is -0.379 e. The molecule has 0 saturated heterocycles. The summed E-state index contributed by atoms with van der Waals surface area (Å²) in [6.45, 7) is 9.55. The van der Waals surface area contributed by atoms with E-state index in [0.29, 0.717) is 13.2 Å². The van der Waals surface area contributed by atoms with E-state index in [9.17, 15) is 4.79 Å². The maximum Gasteiger partial charge on any atom is 0.122 e. The van der Waals surface area contributed by atoms with Crippen molar-refractivity contribution in [3.05, 3.63) is 0 Å². The molecule has 15 heavy (non-hydrogen) atoms. The average Bonchev–Trinajstić information content (AvgIpc) is 2.24.